The molecule has 42 heavy (non-hydrogen) atoms. The number of ether oxygens (including phenoxy) is 3. The molecule has 214 valence electrons. The van der Waals surface area contributed by atoms with Crippen LogP contribution in [0.5, 0.6) is 17.2 Å². The maximum absolute atomic E-state index is 12.8. The molecular weight excluding hydrogens is 572 g/mol. The summed E-state index contributed by atoms with van der Waals surface area (Å²) in [4.78, 5) is 12.8. The number of rotatable bonds is 13. The van der Waals surface area contributed by atoms with Gasteiger partial charge < -0.3 is 19.5 Å². The van der Waals surface area contributed by atoms with Gasteiger partial charge in [0.05, 0.1) is 12.4 Å². The molecule has 1 amide bonds. The molecule has 0 aliphatic heterocycles. The minimum absolute atomic E-state index is 0.138. The number of carbonyl (C=O) groups excluding carboxylic acids is 1. The van der Waals surface area contributed by atoms with Gasteiger partial charge in [0.1, 0.15) is 30.5 Å². The Morgan fingerprint density at radius 1 is 0.786 bits per heavy atom. The molecule has 0 saturated carbocycles. The van der Waals surface area contributed by atoms with Crippen LogP contribution in [0.3, 0.4) is 0 Å². The first-order valence-electron chi connectivity index (χ1n) is 13.3. The van der Waals surface area contributed by atoms with Gasteiger partial charge in [-0.2, -0.15) is 0 Å². The van der Waals surface area contributed by atoms with Crippen LogP contribution in [0.1, 0.15) is 18.3 Å². The third kappa shape index (κ3) is 8.05. The lowest BCUT2D eigenvalue weighted by Gasteiger charge is -2.12. The maximum atomic E-state index is 12.8. The Morgan fingerprint density at radius 3 is 2.10 bits per heavy atom. The summed E-state index contributed by atoms with van der Waals surface area (Å²) in [5.41, 5.74) is 2.59. The zero-order valence-electron chi connectivity index (χ0n) is 22.9. The number of thioether (sulfide) groups is 1. The van der Waals surface area contributed by atoms with E-state index in [9.17, 15) is 4.79 Å². The number of halogens is 1. The summed E-state index contributed by atoms with van der Waals surface area (Å²) in [6.45, 7) is 3.16. The Hall–Kier alpha value is -4.47. The van der Waals surface area contributed by atoms with Gasteiger partial charge in [-0.15, -0.1) is 10.2 Å². The lowest BCUT2D eigenvalue weighted by molar-refractivity contribution is -0.113. The smallest absolute Gasteiger partial charge is 0.234 e. The summed E-state index contributed by atoms with van der Waals surface area (Å²) in [5, 5.41) is 12.8. The molecule has 0 aliphatic carbocycles. The van der Waals surface area contributed by atoms with Crippen LogP contribution in [0.25, 0.3) is 5.69 Å². The Morgan fingerprint density at radius 2 is 1.40 bits per heavy atom. The molecule has 0 radical (unpaired) electrons. The van der Waals surface area contributed by atoms with Crippen LogP contribution in [0, 0.1) is 0 Å². The maximum Gasteiger partial charge on any atom is 0.234 e. The van der Waals surface area contributed by atoms with Gasteiger partial charge in [-0.25, -0.2) is 0 Å². The molecule has 1 aromatic heterocycles. The summed E-state index contributed by atoms with van der Waals surface area (Å²) >= 11 is 7.28. The number of anilines is 1. The largest absolute Gasteiger partial charge is 0.494 e. The van der Waals surface area contributed by atoms with E-state index in [2.05, 4.69) is 15.5 Å². The SMILES string of the molecule is CCOc1ccc(-n2c(COc3ccc(Cl)cc3)nnc2SCC(=O)Nc2ccc(OCc3ccccc3)cc2)cc1. The lowest BCUT2D eigenvalue weighted by Crippen LogP contribution is -2.14. The fourth-order valence-corrected chi connectivity index (χ4v) is 4.88. The highest BCUT2D eigenvalue weighted by molar-refractivity contribution is 7.99. The highest BCUT2D eigenvalue weighted by atomic mass is 35.5. The topological polar surface area (TPSA) is 87.5 Å². The Kier molecular flexibility index (Phi) is 9.98. The normalized spacial score (nSPS) is 10.7. The van der Waals surface area contributed by atoms with Gasteiger partial charge in [-0.1, -0.05) is 53.7 Å². The standard InChI is InChI=1S/C32H29ClN4O4S/c1-2-39-27-18-12-26(13-19-27)37-30(21-41-28-14-8-24(33)9-15-28)35-36-32(37)42-22-31(38)34-25-10-16-29(17-11-25)40-20-23-6-4-3-5-7-23/h3-19H,2,20-22H2,1H3,(H,34,38). The molecule has 5 aromatic rings. The molecule has 1 heterocycles. The number of aromatic nitrogens is 3. The van der Waals surface area contributed by atoms with Crippen LogP contribution in [0.15, 0.2) is 108 Å². The molecule has 0 bridgehead atoms. The molecule has 1 N–H and O–H groups in total. The highest BCUT2D eigenvalue weighted by Crippen LogP contribution is 2.26. The average molecular weight is 601 g/mol. The third-order valence-electron chi connectivity index (χ3n) is 6.01. The number of nitrogens with zero attached hydrogens (tertiary/aromatic N) is 3. The van der Waals surface area contributed by atoms with Crippen molar-refractivity contribution in [3.05, 3.63) is 120 Å². The average Bonchev–Trinajstić information content (AvgIpc) is 3.43. The fourth-order valence-electron chi connectivity index (χ4n) is 3.99. The van der Waals surface area contributed by atoms with E-state index in [1.54, 1.807) is 24.3 Å². The first-order chi connectivity index (χ1) is 20.6. The van der Waals surface area contributed by atoms with Gasteiger partial charge in [-0.05, 0) is 85.3 Å². The minimum atomic E-state index is -0.168. The van der Waals surface area contributed by atoms with Gasteiger partial charge in [0.15, 0.2) is 11.0 Å². The first-order valence-corrected chi connectivity index (χ1v) is 14.7. The zero-order chi connectivity index (χ0) is 29.1. The molecule has 10 heteroatoms. The van der Waals surface area contributed by atoms with Crippen molar-refractivity contribution in [1.29, 1.82) is 0 Å². The van der Waals surface area contributed by atoms with E-state index >= 15 is 0 Å². The Bertz CT molecular complexity index is 1580. The van der Waals surface area contributed by atoms with Gasteiger partial charge in [0.25, 0.3) is 0 Å². The van der Waals surface area contributed by atoms with Crippen LogP contribution in [0.4, 0.5) is 5.69 Å². The molecule has 8 nitrogen and oxygen atoms in total. The summed E-state index contributed by atoms with van der Waals surface area (Å²) in [6.07, 6.45) is 0. The van der Waals surface area contributed by atoms with Gasteiger partial charge in [0.2, 0.25) is 5.91 Å². The molecule has 5 rings (SSSR count). The minimum Gasteiger partial charge on any atom is -0.494 e. The monoisotopic (exact) mass is 600 g/mol. The summed E-state index contributed by atoms with van der Waals surface area (Å²) < 4.78 is 19.2. The quantitative estimate of drug-likeness (QED) is 0.143. The molecule has 0 unspecified atom stereocenters. The Balaban J connectivity index is 1.23. The van der Waals surface area contributed by atoms with Gasteiger partial charge >= 0.3 is 0 Å². The van der Waals surface area contributed by atoms with E-state index in [0.29, 0.717) is 40.7 Å². The zero-order valence-corrected chi connectivity index (χ0v) is 24.5. The molecule has 4 aromatic carbocycles. The van der Waals surface area contributed by atoms with Crippen molar-refractivity contribution in [2.45, 2.75) is 25.3 Å². The molecule has 0 saturated heterocycles. The summed E-state index contributed by atoms with van der Waals surface area (Å²) in [5.74, 6) is 2.70. The lowest BCUT2D eigenvalue weighted by atomic mass is 10.2. The van der Waals surface area contributed by atoms with Crippen molar-refractivity contribution in [3.63, 3.8) is 0 Å². The van der Waals surface area contributed by atoms with E-state index in [-0.39, 0.29) is 18.3 Å². The number of hydrogen-bond acceptors (Lipinski definition) is 7. The second-order valence-corrected chi connectivity index (χ2v) is 10.4. The van der Waals surface area contributed by atoms with E-state index in [1.807, 2.05) is 90.4 Å². The van der Waals surface area contributed by atoms with Crippen LogP contribution in [0.2, 0.25) is 5.02 Å². The summed E-state index contributed by atoms with van der Waals surface area (Å²) in [7, 11) is 0. The number of hydrogen-bond donors (Lipinski definition) is 1. The van der Waals surface area contributed by atoms with Gasteiger partial charge in [0, 0.05) is 16.4 Å². The molecular formula is C32H29ClN4O4S. The van der Waals surface area contributed by atoms with E-state index in [4.69, 9.17) is 25.8 Å². The number of nitrogens with one attached hydrogen (secondary N) is 1. The number of amides is 1. The van der Waals surface area contributed by atoms with E-state index in [0.717, 1.165) is 22.7 Å². The van der Waals surface area contributed by atoms with Crippen LogP contribution in [-0.2, 0) is 18.0 Å². The predicted octanol–water partition coefficient (Wildman–Crippen LogP) is 7.21. The predicted molar refractivity (Wildman–Crippen MR) is 165 cm³/mol. The van der Waals surface area contributed by atoms with Gasteiger partial charge in [-0.3, -0.25) is 9.36 Å². The first kappa shape index (κ1) is 29.0. The molecule has 0 fully saturated rings. The van der Waals surface area contributed by atoms with Crippen molar-refractivity contribution in [2.75, 3.05) is 17.7 Å². The van der Waals surface area contributed by atoms with E-state index in [1.165, 1.54) is 11.8 Å². The fraction of sp³-hybridized carbons (Fsp3) is 0.156. The van der Waals surface area contributed by atoms with E-state index < -0.39 is 0 Å². The van der Waals surface area contributed by atoms with Crippen LogP contribution < -0.4 is 19.5 Å². The third-order valence-corrected chi connectivity index (χ3v) is 7.19. The molecule has 0 aliphatic rings. The Labute approximate surface area is 253 Å². The summed E-state index contributed by atoms with van der Waals surface area (Å²) in [6, 6.07) is 32.0. The second kappa shape index (κ2) is 14.4. The molecule has 0 spiro atoms. The van der Waals surface area contributed by atoms with Crippen molar-refractivity contribution >= 4 is 35.0 Å². The highest BCUT2D eigenvalue weighted by Gasteiger charge is 2.17. The van der Waals surface area contributed by atoms with Crippen LogP contribution in [-0.4, -0.2) is 33.0 Å². The van der Waals surface area contributed by atoms with Crippen molar-refractivity contribution < 1.29 is 19.0 Å². The second-order valence-electron chi connectivity index (χ2n) is 9.04. The van der Waals surface area contributed by atoms with Crippen LogP contribution >= 0.6 is 23.4 Å². The molecule has 0 atom stereocenters. The number of carbonyl (C=O) groups is 1. The van der Waals surface area contributed by atoms with Crippen molar-refractivity contribution in [3.8, 4) is 22.9 Å². The number of benzene rings is 4. The van der Waals surface area contributed by atoms with Crippen molar-refractivity contribution in [1.82, 2.24) is 14.8 Å². The van der Waals surface area contributed by atoms with Crippen molar-refractivity contribution in [2.24, 2.45) is 0 Å².